The molecule has 2 atom stereocenters. The van der Waals surface area contributed by atoms with Crippen LogP contribution in [0.2, 0.25) is 0 Å². The minimum atomic E-state index is 0.647. The molecule has 128 valence electrons. The predicted octanol–water partition coefficient (Wildman–Crippen LogP) is 1.95. The molecule has 2 heterocycles. The molecule has 1 aromatic heterocycles. The molecule has 0 spiro atoms. The fourth-order valence-electron chi connectivity index (χ4n) is 3.33. The molecule has 1 aliphatic heterocycles. The maximum atomic E-state index is 4.91. The maximum Gasteiger partial charge on any atom is 0.194 e. The third-order valence-electron chi connectivity index (χ3n) is 4.75. The van der Waals surface area contributed by atoms with Crippen LogP contribution in [0, 0.1) is 5.92 Å². The first-order valence-electron chi connectivity index (χ1n) is 8.97. The zero-order valence-electron chi connectivity index (χ0n) is 14.4. The Hall–Kier alpha value is -1.56. The smallest absolute Gasteiger partial charge is 0.194 e. The van der Waals surface area contributed by atoms with Crippen molar-refractivity contribution in [3.05, 3.63) is 18.0 Å². The van der Waals surface area contributed by atoms with E-state index in [9.17, 15) is 0 Å². The van der Waals surface area contributed by atoms with E-state index >= 15 is 0 Å². The van der Waals surface area contributed by atoms with Crippen LogP contribution in [0.4, 0.5) is 0 Å². The number of nitrogens with one attached hydrogen (secondary N) is 1. The number of aliphatic imine (C=N–C) groups is 1. The van der Waals surface area contributed by atoms with Crippen molar-refractivity contribution in [3.8, 4) is 0 Å². The van der Waals surface area contributed by atoms with Crippen molar-refractivity contribution in [1.82, 2.24) is 20.3 Å². The highest BCUT2D eigenvalue weighted by Gasteiger charge is 2.37. The van der Waals surface area contributed by atoms with Gasteiger partial charge in [0.2, 0.25) is 0 Å². The summed E-state index contributed by atoms with van der Waals surface area (Å²) in [5, 5.41) is 7.69. The minimum Gasteiger partial charge on any atom is -0.364 e. The van der Waals surface area contributed by atoms with Gasteiger partial charge in [0, 0.05) is 51.4 Å². The molecule has 1 saturated carbocycles. The molecule has 2 unspecified atom stereocenters. The van der Waals surface area contributed by atoms with Crippen LogP contribution >= 0.6 is 0 Å². The van der Waals surface area contributed by atoms with Crippen LogP contribution in [-0.4, -0.2) is 59.7 Å². The van der Waals surface area contributed by atoms with Crippen molar-refractivity contribution in [3.63, 3.8) is 0 Å². The van der Waals surface area contributed by atoms with E-state index in [0.717, 1.165) is 56.8 Å². The molecular weight excluding hydrogens is 290 g/mol. The van der Waals surface area contributed by atoms with Crippen LogP contribution in [0.5, 0.6) is 0 Å². The van der Waals surface area contributed by atoms with E-state index in [1.807, 2.05) is 6.07 Å². The van der Waals surface area contributed by atoms with E-state index in [-0.39, 0.29) is 0 Å². The highest BCUT2D eigenvalue weighted by molar-refractivity contribution is 5.80. The minimum absolute atomic E-state index is 0.647. The average molecular weight is 319 g/mol. The highest BCUT2D eigenvalue weighted by Crippen LogP contribution is 2.34. The van der Waals surface area contributed by atoms with Crippen LogP contribution in [0.25, 0.3) is 0 Å². The Morgan fingerprint density at radius 1 is 1.35 bits per heavy atom. The van der Waals surface area contributed by atoms with Crippen LogP contribution in [0.1, 0.15) is 38.8 Å². The fraction of sp³-hybridized carbons (Fsp3) is 0.765. The Bertz CT molecular complexity index is 493. The molecule has 2 aliphatic rings. The van der Waals surface area contributed by atoms with Gasteiger partial charge in [0.25, 0.3) is 0 Å². The Balaban J connectivity index is 1.47. The van der Waals surface area contributed by atoms with E-state index in [2.05, 4.69) is 34.1 Å². The average Bonchev–Trinajstić information content (AvgIpc) is 3.07. The molecule has 1 saturated heterocycles. The summed E-state index contributed by atoms with van der Waals surface area (Å²) in [5.41, 5.74) is 1.01. The van der Waals surface area contributed by atoms with Gasteiger partial charge < -0.3 is 14.7 Å². The summed E-state index contributed by atoms with van der Waals surface area (Å²) in [4.78, 5) is 9.54. The lowest BCUT2D eigenvalue weighted by atomic mass is 10.2. The number of nitrogens with zero attached hydrogens (tertiary/aromatic N) is 4. The Morgan fingerprint density at radius 3 is 2.83 bits per heavy atom. The molecule has 1 N–H and O–H groups in total. The van der Waals surface area contributed by atoms with Gasteiger partial charge in [-0.05, 0) is 25.7 Å². The Labute approximate surface area is 138 Å². The number of hydrogen-bond donors (Lipinski definition) is 1. The fourth-order valence-corrected chi connectivity index (χ4v) is 3.33. The maximum absolute atomic E-state index is 4.91. The van der Waals surface area contributed by atoms with Gasteiger partial charge in [0.05, 0.1) is 5.69 Å². The third kappa shape index (κ3) is 4.47. The number of hydrogen-bond acceptors (Lipinski definition) is 4. The quantitative estimate of drug-likeness (QED) is 0.641. The molecule has 1 aromatic rings. The second-order valence-electron chi connectivity index (χ2n) is 6.59. The van der Waals surface area contributed by atoms with Crippen molar-refractivity contribution < 1.29 is 4.52 Å². The summed E-state index contributed by atoms with van der Waals surface area (Å²) < 4.78 is 4.91. The zero-order valence-corrected chi connectivity index (χ0v) is 14.4. The van der Waals surface area contributed by atoms with E-state index in [0.29, 0.717) is 6.04 Å². The summed E-state index contributed by atoms with van der Waals surface area (Å²) >= 11 is 0. The molecule has 3 rings (SSSR count). The molecule has 0 aromatic carbocycles. The van der Waals surface area contributed by atoms with Crippen molar-refractivity contribution in [2.24, 2.45) is 10.9 Å². The summed E-state index contributed by atoms with van der Waals surface area (Å²) in [6.45, 7) is 10.2. The van der Waals surface area contributed by atoms with Gasteiger partial charge in [0.1, 0.15) is 6.26 Å². The van der Waals surface area contributed by atoms with Crippen LogP contribution in [-0.2, 0) is 6.54 Å². The summed E-state index contributed by atoms with van der Waals surface area (Å²) in [6, 6.07) is 2.59. The van der Waals surface area contributed by atoms with Crippen molar-refractivity contribution >= 4 is 5.96 Å². The largest absolute Gasteiger partial charge is 0.364 e. The highest BCUT2D eigenvalue weighted by atomic mass is 16.5. The first kappa shape index (κ1) is 16.3. The van der Waals surface area contributed by atoms with Crippen LogP contribution < -0.4 is 5.32 Å². The molecule has 0 amide bonds. The van der Waals surface area contributed by atoms with E-state index in [4.69, 9.17) is 9.52 Å². The van der Waals surface area contributed by atoms with E-state index < -0.39 is 0 Å². The lowest BCUT2D eigenvalue weighted by Crippen LogP contribution is -2.52. The van der Waals surface area contributed by atoms with Gasteiger partial charge in [-0.2, -0.15) is 0 Å². The number of guanidine groups is 1. The predicted molar refractivity (Wildman–Crippen MR) is 91.3 cm³/mol. The molecule has 6 heteroatoms. The van der Waals surface area contributed by atoms with Gasteiger partial charge in [-0.3, -0.25) is 9.89 Å². The van der Waals surface area contributed by atoms with Crippen molar-refractivity contribution in [2.75, 3.05) is 32.7 Å². The lowest BCUT2D eigenvalue weighted by Gasteiger charge is -2.36. The topological polar surface area (TPSA) is 56.9 Å². The molecule has 1 aliphatic carbocycles. The molecule has 0 bridgehead atoms. The van der Waals surface area contributed by atoms with E-state index in [1.165, 1.54) is 19.3 Å². The van der Waals surface area contributed by atoms with Crippen molar-refractivity contribution in [2.45, 2.75) is 45.7 Å². The monoisotopic (exact) mass is 319 g/mol. The van der Waals surface area contributed by atoms with Gasteiger partial charge in [-0.1, -0.05) is 18.5 Å². The van der Waals surface area contributed by atoms with Gasteiger partial charge in [0.15, 0.2) is 5.96 Å². The SMILES string of the molecule is CCCC1CC1NC(=NCC)N1CCN(Cc2ccon2)CC1. The molecule has 0 radical (unpaired) electrons. The first-order chi connectivity index (χ1) is 11.3. The van der Waals surface area contributed by atoms with Crippen molar-refractivity contribution in [1.29, 1.82) is 0 Å². The van der Waals surface area contributed by atoms with Gasteiger partial charge in [-0.25, -0.2) is 0 Å². The number of piperazine rings is 1. The summed E-state index contributed by atoms with van der Waals surface area (Å²) in [5.74, 6) is 1.97. The number of aromatic nitrogens is 1. The lowest BCUT2D eigenvalue weighted by molar-refractivity contribution is 0.168. The standard InChI is InChI=1S/C17H29N5O/c1-3-5-14-12-16(14)19-17(18-4-2)22-9-7-21(8-10-22)13-15-6-11-23-20-15/h6,11,14,16H,3-5,7-10,12-13H2,1-2H3,(H,18,19). The van der Waals surface area contributed by atoms with E-state index in [1.54, 1.807) is 6.26 Å². The third-order valence-corrected chi connectivity index (χ3v) is 4.75. The molecular formula is C17H29N5O. The molecule has 2 fully saturated rings. The molecule has 6 nitrogen and oxygen atoms in total. The normalized spacial score (nSPS) is 25.7. The van der Waals surface area contributed by atoms with Gasteiger partial charge >= 0.3 is 0 Å². The second kappa shape index (κ2) is 7.81. The molecule has 23 heavy (non-hydrogen) atoms. The Morgan fingerprint density at radius 2 is 2.17 bits per heavy atom. The Kier molecular flexibility index (Phi) is 5.54. The second-order valence-corrected chi connectivity index (χ2v) is 6.59. The van der Waals surface area contributed by atoms with Crippen LogP contribution in [0.3, 0.4) is 0 Å². The summed E-state index contributed by atoms with van der Waals surface area (Å²) in [6.07, 6.45) is 5.57. The zero-order chi connectivity index (χ0) is 16.1. The van der Waals surface area contributed by atoms with Crippen LogP contribution in [0.15, 0.2) is 21.8 Å². The summed E-state index contributed by atoms with van der Waals surface area (Å²) in [7, 11) is 0. The first-order valence-corrected chi connectivity index (χ1v) is 8.97. The number of rotatable bonds is 6. The van der Waals surface area contributed by atoms with Gasteiger partial charge in [-0.15, -0.1) is 0 Å².